The molecule has 1 atom stereocenters. The van der Waals surface area contributed by atoms with Crippen molar-refractivity contribution in [1.82, 2.24) is 19.7 Å². The minimum atomic E-state index is -1.28. The van der Waals surface area contributed by atoms with Crippen molar-refractivity contribution in [3.05, 3.63) is 59.9 Å². The molecule has 1 aromatic carbocycles. The van der Waals surface area contributed by atoms with Gasteiger partial charge < -0.3 is 9.67 Å². The van der Waals surface area contributed by atoms with Gasteiger partial charge in [0.25, 0.3) is 0 Å². The molecule has 5 nitrogen and oxygen atoms in total. The van der Waals surface area contributed by atoms with Crippen molar-refractivity contribution in [2.45, 2.75) is 11.3 Å². The molecule has 0 bridgehead atoms. The number of aliphatic hydroxyl groups is 1. The molecule has 0 amide bonds. The maximum Gasteiger partial charge on any atom is 0.191 e. The summed E-state index contributed by atoms with van der Waals surface area (Å²) in [7, 11) is 1.79. The van der Waals surface area contributed by atoms with Crippen LogP contribution in [0.3, 0.4) is 0 Å². The highest BCUT2D eigenvalue weighted by Crippen LogP contribution is 2.28. The van der Waals surface area contributed by atoms with Crippen LogP contribution in [0.2, 0.25) is 0 Å². The summed E-state index contributed by atoms with van der Waals surface area (Å²) in [5.41, 5.74) is 0.522. The molecule has 24 heavy (non-hydrogen) atoms. The molecule has 0 saturated heterocycles. The van der Waals surface area contributed by atoms with E-state index in [1.807, 2.05) is 12.1 Å². The zero-order valence-corrected chi connectivity index (χ0v) is 13.5. The Morgan fingerprint density at radius 3 is 2.46 bits per heavy atom. The van der Waals surface area contributed by atoms with Crippen molar-refractivity contribution in [2.75, 3.05) is 5.75 Å². The molecule has 124 valence electrons. The molecule has 0 spiro atoms. The van der Waals surface area contributed by atoms with Crippen LogP contribution in [0.15, 0.2) is 47.9 Å². The maximum absolute atomic E-state index is 13.7. The van der Waals surface area contributed by atoms with Crippen molar-refractivity contribution in [3.8, 4) is 11.4 Å². The van der Waals surface area contributed by atoms with Gasteiger partial charge in [-0.3, -0.25) is 4.98 Å². The fourth-order valence-corrected chi connectivity index (χ4v) is 3.11. The summed E-state index contributed by atoms with van der Waals surface area (Å²) in [5, 5.41) is 18.8. The van der Waals surface area contributed by atoms with Crippen LogP contribution >= 0.6 is 11.8 Å². The first kappa shape index (κ1) is 16.5. The average Bonchev–Trinajstić information content (AvgIpc) is 2.94. The minimum absolute atomic E-state index is 0.0557. The van der Waals surface area contributed by atoms with Gasteiger partial charge in [0, 0.05) is 30.8 Å². The van der Waals surface area contributed by atoms with Crippen LogP contribution in [0.1, 0.15) is 11.7 Å². The predicted molar refractivity (Wildman–Crippen MR) is 86.3 cm³/mol. The summed E-state index contributed by atoms with van der Waals surface area (Å²) >= 11 is 1.17. The van der Waals surface area contributed by atoms with Crippen molar-refractivity contribution in [2.24, 2.45) is 7.05 Å². The Balaban J connectivity index is 1.75. The zero-order valence-electron chi connectivity index (χ0n) is 12.7. The second kappa shape index (κ2) is 7.06. The smallest absolute Gasteiger partial charge is 0.191 e. The quantitative estimate of drug-likeness (QED) is 0.718. The Hall–Kier alpha value is -2.32. The zero-order chi connectivity index (χ0) is 17.1. The van der Waals surface area contributed by atoms with E-state index in [-0.39, 0.29) is 11.3 Å². The highest BCUT2D eigenvalue weighted by Gasteiger charge is 2.19. The predicted octanol–water partition coefficient (Wildman–Crippen LogP) is 2.98. The van der Waals surface area contributed by atoms with E-state index in [1.54, 1.807) is 24.0 Å². The van der Waals surface area contributed by atoms with Crippen LogP contribution in [0.5, 0.6) is 0 Å². The number of halogens is 2. The second-order valence-electron chi connectivity index (χ2n) is 5.06. The lowest BCUT2D eigenvalue weighted by atomic mass is 10.1. The third kappa shape index (κ3) is 3.29. The molecule has 1 unspecified atom stereocenters. The molecular formula is C16H14F2N4OS. The molecule has 3 rings (SSSR count). The van der Waals surface area contributed by atoms with E-state index in [9.17, 15) is 13.9 Å². The van der Waals surface area contributed by atoms with Crippen LogP contribution in [0.25, 0.3) is 11.4 Å². The van der Waals surface area contributed by atoms with E-state index >= 15 is 0 Å². The first-order valence-corrected chi connectivity index (χ1v) is 8.11. The molecule has 2 aromatic heterocycles. The fraction of sp³-hybridized carbons (Fsp3) is 0.188. The van der Waals surface area contributed by atoms with Crippen LogP contribution in [-0.4, -0.2) is 30.6 Å². The molecule has 1 N–H and O–H groups in total. The second-order valence-corrected chi connectivity index (χ2v) is 6.05. The van der Waals surface area contributed by atoms with Gasteiger partial charge in [-0.15, -0.1) is 10.2 Å². The number of nitrogens with zero attached hydrogens (tertiary/aromatic N) is 4. The fourth-order valence-electron chi connectivity index (χ4n) is 2.26. The van der Waals surface area contributed by atoms with Gasteiger partial charge in [-0.05, 0) is 24.3 Å². The number of pyridine rings is 1. The molecular weight excluding hydrogens is 334 g/mol. The summed E-state index contributed by atoms with van der Waals surface area (Å²) in [4.78, 5) is 3.95. The van der Waals surface area contributed by atoms with Gasteiger partial charge in [0.05, 0.1) is 11.7 Å². The van der Waals surface area contributed by atoms with Gasteiger partial charge in [-0.25, -0.2) is 8.78 Å². The molecule has 0 aliphatic heterocycles. The molecule has 0 fully saturated rings. The van der Waals surface area contributed by atoms with Gasteiger partial charge in [0.15, 0.2) is 11.0 Å². The van der Waals surface area contributed by atoms with Gasteiger partial charge in [-0.2, -0.15) is 0 Å². The third-order valence-corrected chi connectivity index (χ3v) is 4.57. The first-order chi connectivity index (χ1) is 11.6. The minimum Gasteiger partial charge on any atom is -0.387 e. The van der Waals surface area contributed by atoms with Crippen LogP contribution < -0.4 is 0 Å². The number of hydrogen-bond donors (Lipinski definition) is 1. The molecule has 3 aromatic rings. The Morgan fingerprint density at radius 1 is 1.12 bits per heavy atom. The van der Waals surface area contributed by atoms with Crippen LogP contribution in [-0.2, 0) is 7.05 Å². The van der Waals surface area contributed by atoms with E-state index in [0.717, 1.165) is 17.7 Å². The largest absolute Gasteiger partial charge is 0.387 e. The summed E-state index contributed by atoms with van der Waals surface area (Å²) < 4.78 is 29.1. The third-order valence-electron chi connectivity index (χ3n) is 3.48. The van der Waals surface area contributed by atoms with Crippen molar-refractivity contribution in [3.63, 3.8) is 0 Å². The number of benzene rings is 1. The lowest BCUT2D eigenvalue weighted by Crippen LogP contribution is -2.07. The van der Waals surface area contributed by atoms with Crippen molar-refractivity contribution < 1.29 is 13.9 Å². The standard InChI is InChI=1S/C16H14F2N4OS/c1-22-15(10-5-7-19-8-6-10)20-21-16(22)24-9-13(23)14-11(17)3-2-4-12(14)18/h2-8,13,23H,9H2,1H3. The van der Waals surface area contributed by atoms with Gasteiger partial charge in [0.1, 0.15) is 11.6 Å². The molecule has 0 radical (unpaired) electrons. The number of aliphatic hydroxyl groups excluding tert-OH is 1. The Labute approximate surface area is 141 Å². The van der Waals surface area contributed by atoms with E-state index in [1.165, 1.54) is 17.8 Å². The normalized spacial score (nSPS) is 12.3. The number of aromatic nitrogens is 4. The van der Waals surface area contributed by atoms with E-state index in [0.29, 0.717) is 11.0 Å². The number of hydrogen-bond acceptors (Lipinski definition) is 5. The van der Waals surface area contributed by atoms with Crippen molar-refractivity contribution in [1.29, 1.82) is 0 Å². The highest BCUT2D eigenvalue weighted by molar-refractivity contribution is 7.99. The van der Waals surface area contributed by atoms with E-state index in [4.69, 9.17) is 0 Å². The summed E-state index contributed by atoms with van der Waals surface area (Å²) in [5.74, 6) is -0.830. The molecule has 2 heterocycles. The van der Waals surface area contributed by atoms with Crippen molar-refractivity contribution >= 4 is 11.8 Å². The first-order valence-electron chi connectivity index (χ1n) is 7.12. The molecule has 0 saturated carbocycles. The van der Waals surface area contributed by atoms with Gasteiger partial charge >= 0.3 is 0 Å². The molecule has 0 aliphatic rings. The monoisotopic (exact) mass is 348 g/mol. The highest BCUT2D eigenvalue weighted by atomic mass is 32.2. The Morgan fingerprint density at radius 2 is 1.79 bits per heavy atom. The summed E-state index contributed by atoms with van der Waals surface area (Å²) in [6, 6.07) is 7.12. The summed E-state index contributed by atoms with van der Waals surface area (Å²) in [6.07, 6.45) is 2.03. The Kier molecular flexibility index (Phi) is 4.86. The van der Waals surface area contributed by atoms with Gasteiger partial charge in [-0.1, -0.05) is 17.8 Å². The van der Waals surface area contributed by atoms with Crippen LogP contribution in [0.4, 0.5) is 8.78 Å². The van der Waals surface area contributed by atoms with Gasteiger partial charge in [0.2, 0.25) is 0 Å². The topological polar surface area (TPSA) is 63.8 Å². The lowest BCUT2D eigenvalue weighted by Gasteiger charge is -2.12. The maximum atomic E-state index is 13.7. The summed E-state index contributed by atoms with van der Waals surface area (Å²) in [6.45, 7) is 0. The van der Waals surface area contributed by atoms with Crippen LogP contribution in [0, 0.1) is 11.6 Å². The Bertz CT molecular complexity index is 821. The molecule has 0 aliphatic carbocycles. The average molecular weight is 348 g/mol. The SMILES string of the molecule is Cn1c(SCC(O)c2c(F)cccc2F)nnc1-c1ccncc1. The molecule has 8 heteroatoms. The van der Waals surface area contributed by atoms with E-state index < -0.39 is 17.7 Å². The number of rotatable bonds is 5. The number of thioether (sulfide) groups is 1. The van der Waals surface area contributed by atoms with E-state index in [2.05, 4.69) is 15.2 Å². The lowest BCUT2D eigenvalue weighted by molar-refractivity contribution is 0.193.